The molecule has 24 heavy (non-hydrogen) atoms. The largest absolute Gasteiger partial charge is 0.356 e. The van der Waals surface area contributed by atoms with Gasteiger partial charge in [0.1, 0.15) is 5.82 Å². The summed E-state index contributed by atoms with van der Waals surface area (Å²) >= 11 is 0. The molecule has 0 unspecified atom stereocenters. The van der Waals surface area contributed by atoms with Gasteiger partial charge >= 0.3 is 0 Å². The minimum atomic E-state index is 0.151. The van der Waals surface area contributed by atoms with Crippen LogP contribution in [-0.4, -0.2) is 27.6 Å². The fourth-order valence-corrected chi connectivity index (χ4v) is 2.72. The zero-order valence-corrected chi connectivity index (χ0v) is 14.7. The smallest absolute Gasteiger partial charge is 0.223 e. The lowest BCUT2D eigenvalue weighted by Gasteiger charge is -2.11. The number of carbonyl (C=O) groups is 1. The van der Waals surface area contributed by atoms with Gasteiger partial charge in [-0.1, -0.05) is 25.9 Å². The van der Waals surface area contributed by atoms with Gasteiger partial charge in [-0.25, -0.2) is 9.97 Å². The van der Waals surface area contributed by atoms with Gasteiger partial charge in [0.2, 0.25) is 5.91 Å². The van der Waals surface area contributed by atoms with Gasteiger partial charge in [0.25, 0.3) is 0 Å². The first-order chi connectivity index (χ1) is 11.5. The third-order valence-electron chi connectivity index (χ3n) is 4.40. The molecule has 2 heterocycles. The summed E-state index contributed by atoms with van der Waals surface area (Å²) in [6.07, 6.45) is 3.44. The van der Waals surface area contributed by atoms with Gasteiger partial charge in [-0.2, -0.15) is 0 Å². The van der Waals surface area contributed by atoms with Gasteiger partial charge in [0.05, 0.1) is 17.0 Å². The van der Waals surface area contributed by atoms with E-state index >= 15 is 0 Å². The number of aromatic nitrogens is 3. The second-order valence-corrected chi connectivity index (χ2v) is 6.94. The van der Waals surface area contributed by atoms with Gasteiger partial charge in [0.15, 0.2) is 5.76 Å². The third-order valence-corrected chi connectivity index (χ3v) is 4.40. The topological polar surface area (TPSA) is 80.9 Å². The summed E-state index contributed by atoms with van der Waals surface area (Å²) in [5.74, 6) is 2.57. The quantitative estimate of drug-likeness (QED) is 0.882. The van der Waals surface area contributed by atoms with Crippen LogP contribution in [0.4, 0.5) is 0 Å². The van der Waals surface area contributed by atoms with Crippen molar-refractivity contribution in [3.8, 4) is 11.3 Å². The summed E-state index contributed by atoms with van der Waals surface area (Å²) in [7, 11) is 0. The molecule has 1 saturated carbocycles. The van der Waals surface area contributed by atoms with Crippen molar-refractivity contribution in [2.45, 2.75) is 46.5 Å². The summed E-state index contributed by atoms with van der Waals surface area (Å²) in [5.41, 5.74) is 2.54. The van der Waals surface area contributed by atoms with Crippen LogP contribution in [0.2, 0.25) is 0 Å². The van der Waals surface area contributed by atoms with E-state index in [4.69, 9.17) is 4.52 Å². The predicted molar refractivity (Wildman–Crippen MR) is 90.3 cm³/mol. The highest BCUT2D eigenvalue weighted by Gasteiger charge is 2.38. The van der Waals surface area contributed by atoms with Gasteiger partial charge in [-0.15, -0.1) is 0 Å². The Morgan fingerprint density at radius 2 is 2.21 bits per heavy atom. The molecule has 1 fully saturated rings. The van der Waals surface area contributed by atoms with Crippen LogP contribution in [0.5, 0.6) is 0 Å². The Kier molecular flexibility index (Phi) is 4.64. The average molecular weight is 328 g/mol. The number of amides is 1. The van der Waals surface area contributed by atoms with E-state index in [-0.39, 0.29) is 17.7 Å². The van der Waals surface area contributed by atoms with Crippen molar-refractivity contribution in [1.29, 1.82) is 0 Å². The maximum atomic E-state index is 12.0. The van der Waals surface area contributed by atoms with Gasteiger partial charge in [-0.3, -0.25) is 4.79 Å². The molecule has 2 atom stereocenters. The highest BCUT2D eigenvalue weighted by Crippen LogP contribution is 2.37. The zero-order valence-electron chi connectivity index (χ0n) is 14.7. The van der Waals surface area contributed by atoms with Crippen LogP contribution >= 0.6 is 0 Å². The Hall–Kier alpha value is -2.24. The van der Waals surface area contributed by atoms with Crippen LogP contribution < -0.4 is 5.32 Å². The normalized spacial score (nSPS) is 19.5. The molecule has 2 aromatic heterocycles. The van der Waals surface area contributed by atoms with E-state index in [1.807, 2.05) is 13.0 Å². The van der Waals surface area contributed by atoms with Gasteiger partial charge in [-0.05, 0) is 19.3 Å². The zero-order chi connectivity index (χ0) is 17.3. The van der Waals surface area contributed by atoms with E-state index in [1.54, 1.807) is 6.20 Å². The predicted octanol–water partition coefficient (Wildman–Crippen LogP) is 2.88. The molecule has 1 aliphatic carbocycles. The number of carbonyl (C=O) groups excluding carboxylic acids is 1. The summed E-state index contributed by atoms with van der Waals surface area (Å²) in [4.78, 5) is 21.1. The van der Waals surface area contributed by atoms with Crippen LogP contribution in [-0.2, 0) is 11.2 Å². The molecule has 0 saturated heterocycles. The molecule has 0 radical (unpaired) electrons. The molecule has 6 heteroatoms. The number of hydrogen-bond donors (Lipinski definition) is 1. The molecule has 0 spiro atoms. The Bertz CT molecular complexity index is 738. The summed E-state index contributed by atoms with van der Waals surface area (Å²) in [6, 6.07) is 1.88. The highest BCUT2D eigenvalue weighted by molar-refractivity contribution is 5.81. The Morgan fingerprint density at radius 3 is 2.79 bits per heavy atom. The minimum absolute atomic E-state index is 0.151. The van der Waals surface area contributed by atoms with Crippen molar-refractivity contribution in [2.24, 2.45) is 11.8 Å². The van der Waals surface area contributed by atoms with E-state index < -0.39 is 0 Å². The van der Waals surface area contributed by atoms with Crippen molar-refractivity contribution < 1.29 is 9.32 Å². The van der Waals surface area contributed by atoms with Crippen LogP contribution in [0.15, 0.2) is 16.8 Å². The minimum Gasteiger partial charge on any atom is -0.356 e. The van der Waals surface area contributed by atoms with E-state index in [0.29, 0.717) is 24.6 Å². The molecule has 0 aromatic carbocycles. The molecular weight excluding hydrogens is 304 g/mol. The monoisotopic (exact) mass is 328 g/mol. The first-order valence-electron chi connectivity index (χ1n) is 8.53. The maximum Gasteiger partial charge on any atom is 0.223 e. The van der Waals surface area contributed by atoms with E-state index in [9.17, 15) is 4.79 Å². The molecule has 0 bridgehead atoms. The van der Waals surface area contributed by atoms with Crippen molar-refractivity contribution in [3.05, 3.63) is 29.5 Å². The molecule has 3 rings (SSSR count). The fraction of sp³-hybridized carbons (Fsp3) is 0.556. The maximum absolute atomic E-state index is 12.0. The molecule has 0 aliphatic heterocycles. The highest BCUT2D eigenvalue weighted by atomic mass is 16.5. The van der Waals surface area contributed by atoms with Gasteiger partial charge < -0.3 is 9.84 Å². The second kappa shape index (κ2) is 6.71. The molecule has 6 nitrogen and oxygen atoms in total. The van der Waals surface area contributed by atoms with E-state index in [1.165, 1.54) is 0 Å². The van der Waals surface area contributed by atoms with Crippen molar-refractivity contribution in [2.75, 3.05) is 6.54 Å². The Balaban J connectivity index is 1.75. The van der Waals surface area contributed by atoms with E-state index in [0.717, 1.165) is 29.2 Å². The molecule has 128 valence electrons. The SMILES string of the molecule is Cc1cc(-c2cnc(C(C)C)nc2CCNC(=O)[C@H]2C[C@H]2C)on1. The van der Waals surface area contributed by atoms with Crippen molar-refractivity contribution in [1.82, 2.24) is 20.4 Å². The fourth-order valence-electron chi connectivity index (χ4n) is 2.72. The number of nitrogens with one attached hydrogen (secondary N) is 1. The van der Waals surface area contributed by atoms with Crippen LogP contribution in [0.1, 0.15) is 50.3 Å². The lowest BCUT2D eigenvalue weighted by molar-refractivity contribution is -0.122. The van der Waals surface area contributed by atoms with Crippen molar-refractivity contribution in [3.63, 3.8) is 0 Å². The standard InChI is InChI=1S/C18H24N4O2/c1-10(2)17-20-9-14(16-8-12(4)22-24-16)15(21-17)5-6-19-18(23)13-7-11(13)3/h8-11,13H,5-7H2,1-4H3,(H,19,23)/t11-,13+/m1/s1. The number of nitrogens with zero attached hydrogens (tertiary/aromatic N) is 3. The van der Waals surface area contributed by atoms with Crippen molar-refractivity contribution >= 4 is 5.91 Å². The molecule has 1 N–H and O–H groups in total. The van der Waals surface area contributed by atoms with Crippen LogP contribution in [0.3, 0.4) is 0 Å². The van der Waals surface area contributed by atoms with E-state index in [2.05, 4.69) is 41.2 Å². The summed E-state index contributed by atoms with van der Waals surface area (Å²) in [6.45, 7) is 8.68. The Morgan fingerprint density at radius 1 is 1.46 bits per heavy atom. The number of aryl methyl sites for hydroxylation is 1. The van der Waals surface area contributed by atoms with Crippen LogP contribution in [0, 0.1) is 18.8 Å². The first kappa shape index (κ1) is 16.6. The number of rotatable bonds is 6. The molecule has 2 aromatic rings. The Labute approximate surface area is 142 Å². The second-order valence-electron chi connectivity index (χ2n) is 6.94. The molecule has 1 aliphatic rings. The number of hydrogen-bond acceptors (Lipinski definition) is 5. The van der Waals surface area contributed by atoms with Gasteiger partial charge in [0, 0.05) is 37.1 Å². The molecular formula is C18H24N4O2. The average Bonchev–Trinajstić information content (AvgIpc) is 3.12. The van der Waals surface area contributed by atoms with Crippen LogP contribution in [0.25, 0.3) is 11.3 Å². The molecule has 1 amide bonds. The summed E-state index contributed by atoms with van der Waals surface area (Å²) in [5, 5.41) is 6.95. The lowest BCUT2D eigenvalue weighted by atomic mass is 10.1. The third kappa shape index (κ3) is 3.63. The first-order valence-corrected chi connectivity index (χ1v) is 8.53. The lowest BCUT2D eigenvalue weighted by Crippen LogP contribution is -2.28. The summed E-state index contributed by atoms with van der Waals surface area (Å²) < 4.78 is 5.36.